The number of carbonyl (C=O) groups excluding carboxylic acids is 4. The predicted molar refractivity (Wildman–Crippen MR) is 170 cm³/mol. The molecule has 0 spiro atoms. The van der Waals surface area contributed by atoms with E-state index in [2.05, 4.69) is 22.5 Å². The molecule has 0 aromatic heterocycles. The minimum atomic E-state index is -0.838. The van der Waals surface area contributed by atoms with E-state index in [1.165, 1.54) is 16.8 Å². The van der Waals surface area contributed by atoms with Crippen molar-refractivity contribution in [2.24, 2.45) is 5.73 Å². The first-order valence-electron chi connectivity index (χ1n) is 15.2. The van der Waals surface area contributed by atoms with Crippen molar-refractivity contribution in [2.45, 2.75) is 55.3 Å². The molecule has 0 aliphatic carbocycles. The van der Waals surface area contributed by atoms with Gasteiger partial charge in [-0.05, 0) is 35.7 Å². The van der Waals surface area contributed by atoms with Crippen molar-refractivity contribution in [3.05, 3.63) is 60.2 Å². The number of ether oxygens (including phenoxy) is 1. The number of nitrogens with two attached hydrogens (primary N) is 1. The summed E-state index contributed by atoms with van der Waals surface area (Å²) in [5, 5.41) is 12.3. The lowest BCUT2D eigenvalue weighted by Gasteiger charge is -2.46. The molecule has 14 heteroatoms. The molecule has 4 aliphatic heterocycles. The molecule has 45 heavy (non-hydrogen) atoms. The lowest BCUT2D eigenvalue weighted by Crippen LogP contribution is -2.66. The molecule has 2 fully saturated rings. The zero-order valence-corrected chi connectivity index (χ0v) is 26.0. The van der Waals surface area contributed by atoms with Gasteiger partial charge in [0.25, 0.3) is 5.91 Å². The van der Waals surface area contributed by atoms with Crippen LogP contribution < -0.4 is 26.4 Å². The molecule has 2 aromatic carbocycles. The molecule has 13 nitrogen and oxygen atoms in total. The third kappa shape index (κ3) is 6.17. The minimum Gasteiger partial charge on any atom is -0.482 e. The quantitative estimate of drug-likeness (QED) is 0.228. The number of urea groups is 1. The highest BCUT2D eigenvalue weighted by Gasteiger charge is 2.52. The molecule has 0 saturated carbocycles. The summed E-state index contributed by atoms with van der Waals surface area (Å²) in [5.41, 5.74) is 8.97. The number of fused-ring (bicyclic) bond motifs is 3. The van der Waals surface area contributed by atoms with Gasteiger partial charge in [-0.25, -0.2) is 4.79 Å². The van der Waals surface area contributed by atoms with Crippen LogP contribution in [0.4, 0.5) is 16.2 Å². The normalized spacial score (nSPS) is 22.2. The average Bonchev–Trinajstić information content (AvgIpc) is 3.56. The molecule has 238 valence electrons. The first-order valence-corrected chi connectivity index (χ1v) is 16.0. The second-order valence-corrected chi connectivity index (χ2v) is 12.6. The van der Waals surface area contributed by atoms with Crippen molar-refractivity contribution < 1.29 is 23.9 Å². The first kappa shape index (κ1) is 30.7. The SMILES string of the molecule is C=CCN(C(=O)NCCCC)N1CC(=O)N2[C@@H](Cc3ccc4c(c3)NC(=O)CO4)C(=O)N(Cc3cccc4c3NC(N)S4)C[C@@H]21. The monoisotopic (exact) mass is 634 g/mol. The van der Waals surface area contributed by atoms with Gasteiger partial charge in [-0.2, -0.15) is 5.01 Å². The summed E-state index contributed by atoms with van der Waals surface area (Å²) in [6.45, 7) is 6.98. The Bertz CT molecular complexity index is 1520. The molecule has 1 unspecified atom stereocenters. The van der Waals surface area contributed by atoms with E-state index in [1.807, 2.05) is 31.2 Å². The Balaban J connectivity index is 1.33. The third-order valence-corrected chi connectivity index (χ3v) is 9.31. The second-order valence-electron chi connectivity index (χ2n) is 11.4. The van der Waals surface area contributed by atoms with Crippen LogP contribution in [0.3, 0.4) is 0 Å². The Labute approximate surface area is 266 Å². The molecular weight excluding hydrogens is 596 g/mol. The van der Waals surface area contributed by atoms with Crippen LogP contribution in [0.2, 0.25) is 0 Å². The molecule has 0 radical (unpaired) electrons. The van der Waals surface area contributed by atoms with Gasteiger partial charge in [-0.1, -0.05) is 49.4 Å². The molecule has 3 atom stereocenters. The zero-order valence-electron chi connectivity index (χ0n) is 25.2. The summed E-state index contributed by atoms with van der Waals surface area (Å²) < 4.78 is 5.51. The molecule has 2 saturated heterocycles. The number of carbonyl (C=O) groups is 4. The smallest absolute Gasteiger partial charge is 0.332 e. The van der Waals surface area contributed by atoms with Crippen LogP contribution in [0.5, 0.6) is 5.75 Å². The van der Waals surface area contributed by atoms with Crippen molar-refractivity contribution in [2.75, 3.05) is 43.4 Å². The number of benzene rings is 2. The van der Waals surface area contributed by atoms with Crippen molar-refractivity contribution in [1.29, 1.82) is 0 Å². The number of thioether (sulfide) groups is 1. The van der Waals surface area contributed by atoms with Crippen molar-refractivity contribution in [3.8, 4) is 5.75 Å². The molecule has 6 rings (SSSR count). The summed E-state index contributed by atoms with van der Waals surface area (Å²) in [4.78, 5) is 57.7. The number of rotatable bonds is 10. The number of hydrogen-bond donors (Lipinski definition) is 4. The maximum absolute atomic E-state index is 14.3. The Morgan fingerprint density at radius 3 is 2.91 bits per heavy atom. The van der Waals surface area contributed by atoms with Gasteiger partial charge in [-0.15, -0.1) is 6.58 Å². The van der Waals surface area contributed by atoms with E-state index >= 15 is 0 Å². The number of hydrazine groups is 1. The number of nitrogens with one attached hydrogen (secondary N) is 3. The molecule has 5 N–H and O–H groups in total. The number of para-hydroxylation sites is 1. The van der Waals surface area contributed by atoms with Crippen LogP contribution in [-0.4, -0.2) is 94.1 Å². The van der Waals surface area contributed by atoms with Crippen LogP contribution in [0.25, 0.3) is 0 Å². The number of piperazine rings is 1. The highest BCUT2D eigenvalue weighted by Crippen LogP contribution is 2.40. The topological polar surface area (TPSA) is 153 Å². The van der Waals surface area contributed by atoms with Crippen LogP contribution in [-0.2, 0) is 27.3 Å². The summed E-state index contributed by atoms with van der Waals surface area (Å²) in [5.74, 6) is -0.152. The predicted octanol–water partition coefficient (Wildman–Crippen LogP) is 2.11. The standard InChI is InChI=1S/C31H38N8O5S/c1-3-5-11-33-31(43)37(12-4-2)38-17-27(41)39-22(14-19-9-10-23-21(13-19)34-25(40)18-44-23)29(42)36(16-26(38)39)15-20-7-6-8-24-28(20)35-30(32)45-24/h4,6-10,13,22,26,30,35H,2-3,5,11-12,14-18,32H2,1H3,(H,33,43)(H,34,40)/t22-,26+,30?/m0/s1. The van der Waals surface area contributed by atoms with E-state index in [0.29, 0.717) is 24.5 Å². The maximum atomic E-state index is 14.3. The van der Waals surface area contributed by atoms with E-state index in [-0.39, 0.29) is 61.9 Å². The fraction of sp³-hybridized carbons (Fsp3) is 0.419. The molecule has 5 amide bonds. The third-order valence-electron chi connectivity index (χ3n) is 8.34. The van der Waals surface area contributed by atoms with E-state index < -0.39 is 12.2 Å². The number of hydrogen-bond acceptors (Lipinski definition) is 9. The summed E-state index contributed by atoms with van der Waals surface area (Å²) in [7, 11) is 0. The van der Waals surface area contributed by atoms with Gasteiger partial charge in [0.1, 0.15) is 23.5 Å². The van der Waals surface area contributed by atoms with Gasteiger partial charge in [0.05, 0.1) is 31.0 Å². The molecule has 4 heterocycles. The number of anilines is 2. The summed E-state index contributed by atoms with van der Waals surface area (Å²) >= 11 is 1.52. The molecule has 4 aliphatic rings. The van der Waals surface area contributed by atoms with Gasteiger partial charge in [0.2, 0.25) is 11.8 Å². The van der Waals surface area contributed by atoms with Crippen LogP contribution in [0.15, 0.2) is 53.9 Å². The number of amides is 5. The van der Waals surface area contributed by atoms with Gasteiger partial charge in [-0.3, -0.25) is 19.4 Å². The van der Waals surface area contributed by atoms with E-state index in [9.17, 15) is 19.2 Å². The van der Waals surface area contributed by atoms with E-state index in [0.717, 1.165) is 34.6 Å². The van der Waals surface area contributed by atoms with Gasteiger partial charge in [0, 0.05) is 24.4 Å². The summed E-state index contributed by atoms with van der Waals surface area (Å²) in [6, 6.07) is 10.1. The van der Waals surface area contributed by atoms with E-state index in [4.69, 9.17) is 10.5 Å². The maximum Gasteiger partial charge on any atom is 0.332 e. The first-order chi connectivity index (χ1) is 21.8. The molecule has 2 aromatic rings. The minimum absolute atomic E-state index is 0.0564. The lowest BCUT2D eigenvalue weighted by atomic mass is 9.99. The van der Waals surface area contributed by atoms with Crippen molar-refractivity contribution in [1.82, 2.24) is 25.1 Å². The Hall–Kier alpha value is -4.27. The average molecular weight is 635 g/mol. The molecule has 0 bridgehead atoms. The molecular formula is C31H38N8O5S. The Morgan fingerprint density at radius 2 is 2.11 bits per heavy atom. The van der Waals surface area contributed by atoms with Crippen molar-refractivity contribution >= 4 is 46.9 Å². The Kier molecular flexibility index (Phi) is 8.88. The van der Waals surface area contributed by atoms with Crippen molar-refractivity contribution in [3.63, 3.8) is 0 Å². The second kappa shape index (κ2) is 13.0. The van der Waals surface area contributed by atoms with Gasteiger partial charge >= 0.3 is 6.03 Å². The van der Waals surface area contributed by atoms with E-state index in [1.54, 1.807) is 33.0 Å². The largest absolute Gasteiger partial charge is 0.482 e. The Morgan fingerprint density at radius 1 is 1.27 bits per heavy atom. The van der Waals surface area contributed by atoms with Crippen LogP contribution >= 0.6 is 11.8 Å². The van der Waals surface area contributed by atoms with Crippen LogP contribution in [0.1, 0.15) is 30.9 Å². The zero-order chi connectivity index (χ0) is 31.7. The lowest BCUT2D eigenvalue weighted by molar-refractivity contribution is -0.157. The fourth-order valence-electron chi connectivity index (χ4n) is 6.25. The van der Waals surface area contributed by atoms with Crippen LogP contribution in [0, 0.1) is 0 Å². The highest BCUT2D eigenvalue weighted by atomic mass is 32.2. The van der Waals surface area contributed by atoms with Gasteiger partial charge < -0.3 is 36.2 Å². The fourth-order valence-corrected chi connectivity index (χ4v) is 7.16. The van der Waals surface area contributed by atoms with Gasteiger partial charge in [0.15, 0.2) is 6.61 Å². The highest BCUT2D eigenvalue weighted by molar-refractivity contribution is 8.00. The number of unbranched alkanes of at least 4 members (excludes halogenated alkanes) is 1. The number of nitrogens with zero attached hydrogens (tertiary/aromatic N) is 4. The summed E-state index contributed by atoms with van der Waals surface area (Å²) in [6.07, 6.45) is 3.01.